The Morgan fingerprint density at radius 1 is 1.00 bits per heavy atom. The largest absolute Gasteiger partial charge is 0.488 e. The summed E-state index contributed by atoms with van der Waals surface area (Å²) in [5, 5.41) is 0. The van der Waals surface area contributed by atoms with E-state index in [9.17, 15) is 0 Å². The highest BCUT2D eigenvalue weighted by molar-refractivity contribution is 5.21. The molecule has 0 spiro atoms. The van der Waals surface area contributed by atoms with Gasteiger partial charge in [0, 0.05) is 6.61 Å². The Morgan fingerprint density at radius 3 is 2.27 bits per heavy atom. The Labute approximate surface area is 92.2 Å². The molecule has 0 heterocycles. The molecule has 0 aliphatic heterocycles. The first-order valence-electron chi connectivity index (χ1n) is 5.48. The molecule has 0 amide bonds. The molecule has 15 heavy (non-hydrogen) atoms. The van der Waals surface area contributed by atoms with E-state index in [1.54, 1.807) is 0 Å². The van der Waals surface area contributed by atoms with Crippen molar-refractivity contribution in [2.75, 3.05) is 13.2 Å². The van der Waals surface area contributed by atoms with Crippen LogP contribution in [0.15, 0.2) is 30.3 Å². The van der Waals surface area contributed by atoms with E-state index in [0.29, 0.717) is 12.5 Å². The van der Waals surface area contributed by atoms with Crippen LogP contribution in [0.5, 0.6) is 5.75 Å². The summed E-state index contributed by atoms with van der Waals surface area (Å²) < 4.78 is 11.2. The van der Waals surface area contributed by atoms with E-state index in [2.05, 4.69) is 13.8 Å². The van der Waals surface area contributed by atoms with Crippen molar-refractivity contribution in [3.8, 4) is 5.75 Å². The molecule has 0 N–H and O–H groups in total. The second-order valence-electron chi connectivity index (χ2n) is 4.17. The minimum Gasteiger partial charge on any atom is -0.488 e. The maximum Gasteiger partial charge on any atom is 0.119 e. The molecule has 1 aromatic rings. The molecule has 1 unspecified atom stereocenters. The Bertz CT molecular complexity index is 256. The van der Waals surface area contributed by atoms with Gasteiger partial charge in [-0.25, -0.2) is 0 Å². The number of ether oxygens (including phenoxy) is 2. The lowest BCUT2D eigenvalue weighted by Crippen LogP contribution is -2.20. The summed E-state index contributed by atoms with van der Waals surface area (Å²) in [7, 11) is 0. The zero-order valence-electron chi connectivity index (χ0n) is 9.77. The zero-order valence-corrected chi connectivity index (χ0v) is 9.77. The van der Waals surface area contributed by atoms with Crippen LogP contribution in [-0.4, -0.2) is 19.3 Å². The van der Waals surface area contributed by atoms with Crippen LogP contribution in [0.25, 0.3) is 0 Å². The average molecular weight is 208 g/mol. The van der Waals surface area contributed by atoms with Crippen LogP contribution in [0.3, 0.4) is 0 Å². The third kappa shape index (κ3) is 5.43. The molecule has 0 bridgehead atoms. The van der Waals surface area contributed by atoms with E-state index in [0.717, 1.165) is 12.4 Å². The Kier molecular flexibility index (Phi) is 5.19. The fourth-order valence-corrected chi connectivity index (χ4v) is 1.24. The van der Waals surface area contributed by atoms with Crippen molar-refractivity contribution in [2.45, 2.75) is 26.9 Å². The van der Waals surface area contributed by atoms with E-state index < -0.39 is 0 Å². The monoisotopic (exact) mass is 208 g/mol. The summed E-state index contributed by atoms with van der Waals surface area (Å²) in [6.45, 7) is 7.74. The maximum atomic E-state index is 5.67. The summed E-state index contributed by atoms with van der Waals surface area (Å²) in [6.07, 6.45) is 0.103. The van der Waals surface area contributed by atoms with E-state index in [4.69, 9.17) is 9.47 Å². The summed E-state index contributed by atoms with van der Waals surface area (Å²) in [5.74, 6) is 1.48. The zero-order chi connectivity index (χ0) is 11.1. The van der Waals surface area contributed by atoms with Gasteiger partial charge in [0.2, 0.25) is 0 Å². The van der Waals surface area contributed by atoms with Crippen molar-refractivity contribution >= 4 is 0 Å². The molecule has 0 fully saturated rings. The lowest BCUT2D eigenvalue weighted by molar-refractivity contribution is 0.0453. The van der Waals surface area contributed by atoms with E-state index >= 15 is 0 Å². The molecule has 2 heteroatoms. The van der Waals surface area contributed by atoms with Gasteiger partial charge in [0.05, 0.1) is 6.61 Å². The molecular weight excluding hydrogens is 188 g/mol. The number of para-hydroxylation sites is 1. The van der Waals surface area contributed by atoms with Gasteiger partial charge < -0.3 is 9.47 Å². The SMILES string of the molecule is CC(C)COCC(C)Oc1ccccc1. The van der Waals surface area contributed by atoms with Crippen LogP contribution in [0, 0.1) is 5.92 Å². The van der Waals surface area contributed by atoms with Crippen molar-refractivity contribution in [3.63, 3.8) is 0 Å². The molecule has 1 atom stereocenters. The predicted octanol–water partition coefficient (Wildman–Crippen LogP) is 3.13. The Morgan fingerprint density at radius 2 is 1.67 bits per heavy atom. The Balaban J connectivity index is 2.21. The summed E-state index contributed by atoms with van der Waals surface area (Å²) in [4.78, 5) is 0. The van der Waals surface area contributed by atoms with Gasteiger partial charge in [-0.2, -0.15) is 0 Å². The van der Waals surface area contributed by atoms with Crippen molar-refractivity contribution in [2.24, 2.45) is 5.92 Å². The number of hydrogen-bond donors (Lipinski definition) is 0. The quantitative estimate of drug-likeness (QED) is 0.715. The summed E-state index contributed by atoms with van der Waals surface area (Å²) in [6, 6.07) is 9.83. The minimum absolute atomic E-state index is 0.103. The van der Waals surface area contributed by atoms with Crippen molar-refractivity contribution in [1.29, 1.82) is 0 Å². The first kappa shape index (κ1) is 12.1. The highest BCUT2D eigenvalue weighted by Crippen LogP contribution is 2.10. The highest BCUT2D eigenvalue weighted by atomic mass is 16.5. The molecule has 0 saturated carbocycles. The van der Waals surface area contributed by atoms with Gasteiger partial charge in [0.15, 0.2) is 0 Å². The normalized spacial score (nSPS) is 12.8. The van der Waals surface area contributed by atoms with Gasteiger partial charge in [-0.05, 0) is 25.0 Å². The standard InChI is InChI=1S/C13H20O2/c1-11(2)9-14-10-12(3)15-13-7-5-4-6-8-13/h4-8,11-12H,9-10H2,1-3H3. The predicted molar refractivity (Wildman–Crippen MR) is 62.2 cm³/mol. The summed E-state index contributed by atoms with van der Waals surface area (Å²) >= 11 is 0. The van der Waals surface area contributed by atoms with Gasteiger partial charge in [-0.3, -0.25) is 0 Å². The van der Waals surface area contributed by atoms with Crippen molar-refractivity contribution < 1.29 is 9.47 Å². The van der Waals surface area contributed by atoms with Crippen LogP contribution in [0.1, 0.15) is 20.8 Å². The number of hydrogen-bond acceptors (Lipinski definition) is 2. The molecule has 0 aliphatic rings. The van der Waals surface area contributed by atoms with Crippen LogP contribution >= 0.6 is 0 Å². The smallest absolute Gasteiger partial charge is 0.119 e. The van der Waals surface area contributed by atoms with Crippen LogP contribution in [0.2, 0.25) is 0 Å². The maximum absolute atomic E-state index is 5.67. The number of benzene rings is 1. The topological polar surface area (TPSA) is 18.5 Å². The molecule has 0 radical (unpaired) electrons. The van der Waals surface area contributed by atoms with E-state index in [1.807, 2.05) is 37.3 Å². The van der Waals surface area contributed by atoms with Gasteiger partial charge in [0.25, 0.3) is 0 Å². The van der Waals surface area contributed by atoms with Crippen molar-refractivity contribution in [3.05, 3.63) is 30.3 Å². The minimum atomic E-state index is 0.103. The third-order valence-corrected chi connectivity index (χ3v) is 1.88. The molecule has 1 rings (SSSR count). The van der Waals surface area contributed by atoms with Crippen LogP contribution < -0.4 is 4.74 Å². The molecule has 0 saturated heterocycles. The van der Waals surface area contributed by atoms with E-state index in [1.165, 1.54) is 0 Å². The summed E-state index contributed by atoms with van der Waals surface area (Å²) in [5.41, 5.74) is 0. The van der Waals surface area contributed by atoms with Gasteiger partial charge in [-0.1, -0.05) is 32.0 Å². The molecule has 2 nitrogen and oxygen atoms in total. The first-order chi connectivity index (χ1) is 7.18. The molecule has 0 aliphatic carbocycles. The lowest BCUT2D eigenvalue weighted by atomic mass is 10.2. The average Bonchev–Trinajstić information content (AvgIpc) is 2.18. The van der Waals surface area contributed by atoms with Crippen LogP contribution in [-0.2, 0) is 4.74 Å². The number of rotatable bonds is 6. The second kappa shape index (κ2) is 6.46. The molecule has 1 aromatic carbocycles. The first-order valence-corrected chi connectivity index (χ1v) is 5.48. The Hall–Kier alpha value is -1.02. The van der Waals surface area contributed by atoms with Crippen molar-refractivity contribution in [1.82, 2.24) is 0 Å². The van der Waals surface area contributed by atoms with Gasteiger partial charge in [0.1, 0.15) is 11.9 Å². The molecule has 0 aromatic heterocycles. The fraction of sp³-hybridized carbons (Fsp3) is 0.538. The molecular formula is C13H20O2. The fourth-order valence-electron chi connectivity index (χ4n) is 1.24. The lowest BCUT2D eigenvalue weighted by Gasteiger charge is -2.15. The molecule has 84 valence electrons. The van der Waals surface area contributed by atoms with E-state index in [-0.39, 0.29) is 6.10 Å². The highest BCUT2D eigenvalue weighted by Gasteiger charge is 2.04. The second-order valence-corrected chi connectivity index (χ2v) is 4.17. The third-order valence-electron chi connectivity index (χ3n) is 1.88. The van der Waals surface area contributed by atoms with Crippen LogP contribution in [0.4, 0.5) is 0 Å². The van der Waals surface area contributed by atoms with Gasteiger partial charge >= 0.3 is 0 Å². The van der Waals surface area contributed by atoms with Gasteiger partial charge in [-0.15, -0.1) is 0 Å².